The smallest absolute Gasteiger partial charge is 0.407 e. The van der Waals surface area contributed by atoms with E-state index in [2.05, 4.69) is 15.6 Å². The molecule has 148 valence electrons. The van der Waals surface area contributed by atoms with Crippen molar-refractivity contribution in [1.29, 1.82) is 0 Å². The van der Waals surface area contributed by atoms with E-state index in [1.165, 1.54) is 0 Å². The lowest BCUT2D eigenvalue weighted by Gasteiger charge is -2.23. The zero-order valence-corrected chi connectivity index (χ0v) is 18.8. The Morgan fingerprint density at radius 1 is 1.15 bits per heavy atom. The SMILES string of the molecule is CN=C(NCCNC(=O)OC(C)(C)C)N(C)Cc1ccc(OC)cc1.I. The Morgan fingerprint density at radius 3 is 2.23 bits per heavy atom. The first-order valence-electron chi connectivity index (χ1n) is 8.26. The predicted octanol–water partition coefficient (Wildman–Crippen LogP) is 2.85. The molecular formula is C18H31IN4O3. The summed E-state index contributed by atoms with van der Waals surface area (Å²) in [5, 5.41) is 5.92. The van der Waals surface area contributed by atoms with E-state index in [9.17, 15) is 4.79 Å². The molecule has 0 saturated heterocycles. The molecule has 0 aliphatic carbocycles. The number of ether oxygens (including phenoxy) is 2. The molecular weight excluding hydrogens is 447 g/mol. The van der Waals surface area contributed by atoms with Gasteiger partial charge in [0.2, 0.25) is 0 Å². The van der Waals surface area contributed by atoms with Crippen LogP contribution in [0.3, 0.4) is 0 Å². The van der Waals surface area contributed by atoms with Crippen LogP contribution in [0.25, 0.3) is 0 Å². The number of methoxy groups -OCH3 is 1. The number of hydrogen-bond acceptors (Lipinski definition) is 4. The third-order valence-electron chi connectivity index (χ3n) is 3.23. The molecule has 0 aliphatic heterocycles. The summed E-state index contributed by atoms with van der Waals surface area (Å²) in [7, 11) is 5.34. The molecule has 1 aromatic carbocycles. The fourth-order valence-electron chi connectivity index (χ4n) is 2.12. The molecule has 1 rings (SSSR count). The van der Waals surface area contributed by atoms with Crippen LogP contribution in [0.5, 0.6) is 5.75 Å². The second-order valence-electron chi connectivity index (χ2n) is 6.61. The number of guanidine groups is 1. The van der Waals surface area contributed by atoms with Crippen LogP contribution in [0.15, 0.2) is 29.3 Å². The summed E-state index contributed by atoms with van der Waals surface area (Å²) in [5.74, 6) is 1.59. The molecule has 0 bridgehead atoms. The van der Waals surface area contributed by atoms with Crippen molar-refractivity contribution in [2.24, 2.45) is 4.99 Å². The van der Waals surface area contributed by atoms with Gasteiger partial charge in [-0.25, -0.2) is 4.79 Å². The van der Waals surface area contributed by atoms with Crippen LogP contribution < -0.4 is 15.4 Å². The fourth-order valence-corrected chi connectivity index (χ4v) is 2.12. The molecule has 0 unspecified atom stereocenters. The van der Waals surface area contributed by atoms with Gasteiger partial charge >= 0.3 is 6.09 Å². The van der Waals surface area contributed by atoms with Crippen LogP contribution in [0.2, 0.25) is 0 Å². The van der Waals surface area contributed by atoms with Crippen molar-refractivity contribution in [3.05, 3.63) is 29.8 Å². The molecule has 0 aliphatic rings. The molecule has 0 spiro atoms. The summed E-state index contributed by atoms with van der Waals surface area (Å²) < 4.78 is 10.4. The highest BCUT2D eigenvalue weighted by molar-refractivity contribution is 14.0. The summed E-state index contributed by atoms with van der Waals surface area (Å²) in [6.07, 6.45) is -0.420. The summed E-state index contributed by atoms with van der Waals surface area (Å²) in [4.78, 5) is 17.9. The van der Waals surface area contributed by atoms with Crippen molar-refractivity contribution in [2.75, 3.05) is 34.3 Å². The average molecular weight is 478 g/mol. The minimum absolute atomic E-state index is 0. The van der Waals surface area contributed by atoms with E-state index in [4.69, 9.17) is 9.47 Å². The lowest BCUT2D eigenvalue weighted by Crippen LogP contribution is -2.43. The van der Waals surface area contributed by atoms with Crippen LogP contribution in [0, 0.1) is 0 Å². The Bertz CT molecular complexity index is 571. The largest absolute Gasteiger partial charge is 0.497 e. The molecule has 0 saturated carbocycles. The van der Waals surface area contributed by atoms with E-state index in [0.717, 1.165) is 17.3 Å². The summed E-state index contributed by atoms with van der Waals surface area (Å²) >= 11 is 0. The molecule has 7 nitrogen and oxygen atoms in total. The lowest BCUT2D eigenvalue weighted by molar-refractivity contribution is 0.0529. The van der Waals surface area contributed by atoms with Crippen LogP contribution in [-0.2, 0) is 11.3 Å². The molecule has 26 heavy (non-hydrogen) atoms. The van der Waals surface area contributed by atoms with E-state index in [1.54, 1.807) is 14.2 Å². The number of carbonyl (C=O) groups excluding carboxylic acids is 1. The van der Waals surface area contributed by atoms with Gasteiger partial charge in [-0.05, 0) is 38.5 Å². The number of alkyl carbamates (subject to hydrolysis) is 1. The van der Waals surface area contributed by atoms with E-state index in [0.29, 0.717) is 19.6 Å². The van der Waals surface area contributed by atoms with Crippen molar-refractivity contribution in [2.45, 2.75) is 32.9 Å². The Hall–Kier alpha value is -1.71. The number of carbonyl (C=O) groups is 1. The van der Waals surface area contributed by atoms with Gasteiger partial charge < -0.3 is 25.0 Å². The molecule has 0 heterocycles. The standard InChI is InChI=1S/C18H30N4O3.HI/c1-18(2,3)25-17(23)21-12-11-20-16(19-4)22(5)13-14-7-9-15(24-6)10-8-14;/h7-10H,11-13H2,1-6H3,(H,19,20)(H,21,23);1H. The Morgan fingerprint density at radius 2 is 1.73 bits per heavy atom. The molecule has 0 aromatic heterocycles. The first-order valence-corrected chi connectivity index (χ1v) is 8.26. The van der Waals surface area contributed by atoms with Crippen molar-refractivity contribution in [1.82, 2.24) is 15.5 Å². The number of rotatable bonds is 6. The Kier molecular flexibility index (Phi) is 11.0. The van der Waals surface area contributed by atoms with Crippen molar-refractivity contribution in [3.63, 3.8) is 0 Å². The molecule has 0 atom stereocenters. The normalized spacial score (nSPS) is 11.2. The average Bonchev–Trinajstić information content (AvgIpc) is 2.53. The van der Waals surface area contributed by atoms with E-state index >= 15 is 0 Å². The number of benzene rings is 1. The van der Waals surface area contributed by atoms with E-state index in [-0.39, 0.29) is 24.0 Å². The Labute approximate surface area is 173 Å². The van der Waals surface area contributed by atoms with Crippen molar-refractivity contribution < 1.29 is 14.3 Å². The first-order chi connectivity index (χ1) is 11.7. The third-order valence-corrected chi connectivity index (χ3v) is 3.23. The van der Waals surface area contributed by atoms with Crippen molar-refractivity contribution >= 4 is 36.0 Å². The number of nitrogens with zero attached hydrogens (tertiary/aromatic N) is 2. The Balaban J connectivity index is 0.00000625. The maximum atomic E-state index is 11.6. The zero-order valence-electron chi connectivity index (χ0n) is 16.5. The predicted molar refractivity (Wildman–Crippen MR) is 115 cm³/mol. The summed E-state index contributed by atoms with van der Waals surface area (Å²) in [6.45, 7) is 7.22. The number of hydrogen-bond donors (Lipinski definition) is 2. The second-order valence-corrected chi connectivity index (χ2v) is 6.61. The second kappa shape index (κ2) is 11.8. The molecule has 8 heteroatoms. The molecule has 0 radical (unpaired) electrons. The highest BCUT2D eigenvalue weighted by Crippen LogP contribution is 2.12. The molecule has 0 fully saturated rings. The number of aliphatic imine (C=N–C) groups is 1. The highest BCUT2D eigenvalue weighted by atomic mass is 127. The monoisotopic (exact) mass is 478 g/mol. The van der Waals surface area contributed by atoms with Gasteiger partial charge in [0.25, 0.3) is 0 Å². The highest BCUT2D eigenvalue weighted by Gasteiger charge is 2.15. The van der Waals surface area contributed by atoms with Gasteiger partial charge in [0.05, 0.1) is 7.11 Å². The van der Waals surface area contributed by atoms with Gasteiger partial charge in [-0.3, -0.25) is 4.99 Å². The van der Waals surface area contributed by atoms with Gasteiger partial charge in [0.15, 0.2) is 5.96 Å². The van der Waals surface area contributed by atoms with Gasteiger partial charge in [0, 0.05) is 33.7 Å². The quantitative estimate of drug-likeness (QED) is 0.285. The number of nitrogens with one attached hydrogen (secondary N) is 2. The molecule has 1 amide bonds. The van der Waals surface area contributed by atoms with Crippen LogP contribution >= 0.6 is 24.0 Å². The molecule has 1 aromatic rings. The van der Waals surface area contributed by atoms with Crippen LogP contribution in [0.1, 0.15) is 26.3 Å². The topological polar surface area (TPSA) is 75.2 Å². The minimum Gasteiger partial charge on any atom is -0.497 e. The first kappa shape index (κ1) is 24.3. The summed E-state index contributed by atoms with van der Waals surface area (Å²) in [6, 6.07) is 7.91. The zero-order chi connectivity index (χ0) is 18.9. The van der Waals surface area contributed by atoms with E-state index in [1.807, 2.05) is 57.0 Å². The van der Waals surface area contributed by atoms with Crippen LogP contribution in [0.4, 0.5) is 4.79 Å². The number of halogens is 1. The molecule has 2 N–H and O–H groups in total. The minimum atomic E-state index is -0.494. The third kappa shape index (κ3) is 9.69. The van der Waals surface area contributed by atoms with Gasteiger partial charge in [-0.15, -0.1) is 24.0 Å². The van der Waals surface area contributed by atoms with Gasteiger partial charge in [-0.1, -0.05) is 12.1 Å². The van der Waals surface area contributed by atoms with Crippen molar-refractivity contribution in [3.8, 4) is 5.75 Å². The summed E-state index contributed by atoms with van der Waals surface area (Å²) in [5.41, 5.74) is 0.657. The van der Waals surface area contributed by atoms with Gasteiger partial charge in [-0.2, -0.15) is 0 Å². The van der Waals surface area contributed by atoms with Gasteiger partial charge in [0.1, 0.15) is 11.4 Å². The van der Waals surface area contributed by atoms with E-state index < -0.39 is 11.7 Å². The maximum absolute atomic E-state index is 11.6. The fraction of sp³-hybridized carbons (Fsp3) is 0.556. The maximum Gasteiger partial charge on any atom is 0.407 e. The number of amides is 1. The van der Waals surface area contributed by atoms with Crippen LogP contribution in [-0.4, -0.2) is 56.8 Å². The lowest BCUT2D eigenvalue weighted by atomic mass is 10.2.